The predicted octanol–water partition coefficient (Wildman–Crippen LogP) is 3.26. The predicted molar refractivity (Wildman–Crippen MR) is 141 cm³/mol. The van der Waals surface area contributed by atoms with Crippen molar-refractivity contribution in [2.24, 2.45) is 5.41 Å². The SMILES string of the molecule is COc1nc(NC2CCC3(CC2)CN(C(C)=O)C3)nn2ccc(-c3ccc4nc(C)n(CCO)c4c3)c12. The average molecular weight is 504 g/mol. The minimum Gasteiger partial charge on any atom is -0.479 e. The topological polar surface area (TPSA) is 110 Å². The first-order valence-corrected chi connectivity index (χ1v) is 12.9. The number of fused-ring (bicyclic) bond motifs is 2. The Bertz CT molecular complexity index is 1470. The maximum Gasteiger partial charge on any atom is 0.244 e. The van der Waals surface area contributed by atoms with Crippen molar-refractivity contribution in [2.45, 2.75) is 52.1 Å². The van der Waals surface area contributed by atoms with Crippen LogP contribution in [0.4, 0.5) is 5.95 Å². The number of likely N-dealkylation sites (tertiary alicyclic amines) is 1. The van der Waals surface area contributed by atoms with Gasteiger partial charge in [-0.25, -0.2) is 9.50 Å². The Morgan fingerprint density at radius 2 is 2.00 bits per heavy atom. The van der Waals surface area contributed by atoms with Crippen LogP contribution in [0.15, 0.2) is 30.5 Å². The van der Waals surface area contributed by atoms with E-state index in [1.165, 1.54) is 0 Å². The number of rotatable bonds is 6. The van der Waals surface area contributed by atoms with Gasteiger partial charge < -0.3 is 24.6 Å². The van der Waals surface area contributed by atoms with E-state index in [4.69, 9.17) is 14.8 Å². The van der Waals surface area contributed by atoms with Crippen molar-refractivity contribution in [3.8, 4) is 17.0 Å². The first kappa shape index (κ1) is 23.7. The summed E-state index contributed by atoms with van der Waals surface area (Å²) in [5.41, 5.74) is 4.97. The van der Waals surface area contributed by atoms with Crippen LogP contribution in [0.3, 0.4) is 0 Å². The molecule has 1 spiro atoms. The lowest BCUT2D eigenvalue weighted by Crippen LogP contribution is -2.59. The molecule has 10 heteroatoms. The van der Waals surface area contributed by atoms with Crippen molar-refractivity contribution in [1.29, 1.82) is 0 Å². The number of benzene rings is 1. The summed E-state index contributed by atoms with van der Waals surface area (Å²) in [5.74, 6) is 2.12. The van der Waals surface area contributed by atoms with E-state index in [2.05, 4.69) is 16.4 Å². The van der Waals surface area contributed by atoms with Crippen LogP contribution in [0, 0.1) is 12.3 Å². The summed E-state index contributed by atoms with van der Waals surface area (Å²) in [6.07, 6.45) is 6.22. The summed E-state index contributed by atoms with van der Waals surface area (Å²) in [6, 6.07) is 8.47. The number of ether oxygens (including phenoxy) is 1. The molecular weight excluding hydrogens is 470 g/mol. The maximum absolute atomic E-state index is 11.6. The number of aliphatic hydroxyl groups is 1. The van der Waals surface area contributed by atoms with E-state index in [0.717, 1.165) is 72.3 Å². The normalized spacial score (nSPS) is 17.5. The molecule has 0 unspecified atom stereocenters. The molecule has 4 heterocycles. The molecule has 1 aliphatic heterocycles. The molecule has 1 amide bonds. The number of aromatic nitrogens is 5. The number of imidazole rings is 1. The standard InChI is InChI=1S/C27H33N7O3/c1-17-28-22-5-4-19(14-23(22)33(17)12-13-35)21-8-11-34-24(21)25(37-3)30-26(31-34)29-20-6-9-27(10-7-20)15-32(16-27)18(2)36/h4-5,8,11,14,20,35H,6-7,9-10,12-13,15-16H2,1-3H3,(H,29,31). The van der Waals surface area contributed by atoms with Gasteiger partial charge in [-0.2, -0.15) is 4.98 Å². The van der Waals surface area contributed by atoms with Crippen LogP contribution in [0.2, 0.25) is 0 Å². The Morgan fingerprint density at radius 3 is 2.70 bits per heavy atom. The zero-order chi connectivity index (χ0) is 25.7. The number of nitrogens with zero attached hydrogens (tertiary/aromatic N) is 6. The molecule has 1 saturated carbocycles. The van der Waals surface area contributed by atoms with Gasteiger partial charge in [0.25, 0.3) is 0 Å². The van der Waals surface area contributed by atoms with Crippen molar-refractivity contribution in [3.05, 3.63) is 36.3 Å². The smallest absolute Gasteiger partial charge is 0.244 e. The number of methoxy groups -OCH3 is 1. The number of carbonyl (C=O) groups excluding carboxylic acids is 1. The third-order valence-electron chi connectivity index (χ3n) is 8.12. The Balaban J connectivity index is 1.25. The van der Waals surface area contributed by atoms with Crippen LogP contribution < -0.4 is 10.1 Å². The van der Waals surface area contributed by atoms with E-state index in [1.807, 2.05) is 45.3 Å². The van der Waals surface area contributed by atoms with Crippen LogP contribution in [0.25, 0.3) is 27.7 Å². The van der Waals surface area contributed by atoms with Crippen LogP contribution in [-0.4, -0.2) is 72.9 Å². The van der Waals surface area contributed by atoms with Crippen LogP contribution in [-0.2, 0) is 11.3 Å². The van der Waals surface area contributed by atoms with Crippen molar-refractivity contribution >= 4 is 28.4 Å². The van der Waals surface area contributed by atoms with Gasteiger partial charge >= 0.3 is 0 Å². The van der Waals surface area contributed by atoms with Crippen LogP contribution in [0.5, 0.6) is 5.88 Å². The average Bonchev–Trinajstić information content (AvgIpc) is 3.43. The summed E-state index contributed by atoms with van der Waals surface area (Å²) in [7, 11) is 1.63. The summed E-state index contributed by atoms with van der Waals surface area (Å²) >= 11 is 0. The molecule has 1 saturated heterocycles. The molecular formula is C27H33N7O3. The molecule has 37 heavy (non-hydrogen) atoms. The van der Waals surface area contributed by atoms with E-state index < -0.39 is 0 Å². The Kier molecular flexibility index (Phi) is 5.78. The van der Waals surface area contributed by atoms with Gasteiger partial charge in [0.05, 0.1) is 24.8 Å². The number of anilines is 1. The molecule has 1 aromatic carbocycles. The van der Waals surface area contributed by atoms with Crippen LogP contribution in [0.1, 0.15) is 38.4 Å². The molecule has 4 aromatic rings. The van der Waals surface area contributed by atoms with Gasteiger partial charge in [0.2, 0.25) is 17.7 Å². The van der Waals surface area contributed by atoms with Gasteiger partial charge in [-0.3, -0.25) is 4.79 Å². The molecule has 2 N–H and O–H groups in total. The van der Waals surface area contributed by atoms with Crippen LogP contribution >= 0.6 is 0 Å². The molecule has 1 aliphatic carbocycles. The highest BCUT2D eigenvalue weighted by molar-refractivity contribution is 5.90. The number of nitrogens with one attached hydrogen (secondary N) is 1. The fraction of sp³-hybridized carbons (Fsp3) is 0.481. The summed E-state index contributed by atoms with van der Waals surface area (Å²) < 4.78 is 9.58. The number of aliphatic hydroxyl groups excluding tert-OH is 1. The molecule has 6 rings (SSSR count). The zero-order valence-electron chi connectivity index (χ0n) is 21.6. The maximum atomic E-state index is 11.6. The van der Waals surface area contributed by atoms with Gasteiger partial charge in [-0.1, -0.05) is 6.07 Å². The molecule has 2 aliphatic rings. The van der Waals surface area contributed by atoms with Gasteiger partial charge in [0.1, 0.15) is 11.3 Å². The highest BCUT2D eigenvalue weighted by Crippen LogP contribution is 2.44. The van der Waals surface area contributed by atoms with E-state index in [1.54, 1.807) is 14.0 Å². The van der Waals surface area contributed by atoms with E-state index in [9.17, 15) is 9.90 Å². The zero-order valence-corrected chi connectivity index (χ0v) is 21.6. The first-order valence-electron chi connectivity index (χ1n) is 12.9. The highest BCUT2D eigenvalue weighted by Gasteiger charge is 2.46. The summed E-state index contributed by atoms with van der Waals surface area (Å²) in [6.45, 7) is 5.95. The minimum absolute atomic E-state index is 0.0575. The number of carbonyl (C=O) groups is 1. The fourth-order valence-electron chi connectivity index (χ4n) is 6.08. The molecule has 3 aromatic heterocycles. The highest BCUT2D eigenvalue weighted by atomic mass is 16.5. The monoisotopic (exact) mass is 503 g/mol. The molecule has 2 fully saturated rings. The Morgan fingerprint density at radius 1 is 1.22 bits per heavy atom. The Hall–Kier alpha value is -3.66. The van der Waals surface area contributed by atoms with E-state index >= 15 is 0 Å². The van der Waals surface area contributed by atoms with Gasteiger partial charge in [-0.15, -0.1) is 5.10 Å². The molecule has 0 radical (unpaired) electrons. The minimum atomic E-state index is 0.0575. The summed E-state index contributed by atoms with van der Waals surface area (Å²) in [4.78, 5) is 22.9. The lowest BCUT2D eigenvalue weighted by molar-refractivity contribution is -0.143. The number of hydrogen-bond acceptors (Lipinski definition) is 7. The van der Waals surface area contributed by atoms with E-state index in [-0.39, 0.29) is 12.5 Å². The summed E-state index contributed by atoms with van der Waals surface area (Å²) in [5, 5.41) is 17.8. The van der Waals surface area contributed by atoms with Gasteiger partial charge in [0.15, 0.2) is 0 Å². The second kappa shape index (κ2) is 9.02. The number of hydrogen-bond donors (Lipinski definition) is 2. The van der Waals surface area contributed by atoms with Gasteiger partial charge in [-0.05, 0) is 56.4 Å². The van der Waals surface area contributed by atoms with Crippen molar-refractivity contribution < 1.29 is 14.6 Å². The van der Waals surface area contributed by atoms with Crippen molar-refractivity contribution in [1.82, 2.24) is 29.0 Å². The Labute approximate surface area is 215 Å². The first-order chi connectivity index (χ1) is 17.9. The molecule has 194 valence electrons. The number of aryl methyl sites for hydroxylation is 1. The third-order valence-corrected chi connectivity index (χ3v) is 8.12. The molecule has 10 nitrogen and oxygen atoms in total. The molecule has 0 atom stereocenters. The van der Waals surface area contributed by atoms with Crippen molar-refractivity contribution in [3.63, 3.8) is 0 Å². The van der Waals surface area contributed by atoms with Gasteiger partial charge in [0, 0.05) is 49.8 Å². The quantitative estimate of drug-likeness (QED) is 0.416. The largest absolute Gasteiger partial charge is 0.479 e. The third kappa shape index (κ3) is 4.09. The second-order valence-electron chi connectivity index (χ2n) is 10.5. The fourth-order valence-corrected chi connectivity index (χ4v) is 6.08. The molecule has 0 bridgehead atoms. The van der Waals surface area contributed by atoms with E-state index in [0.29, 0.717) is 29.8 Å². The second-order valence-corrected chi connectivity index (χ2v) is 10.5. The lowest BCUT2D eigenvalue weighted by atomic mass is 9.67. The number of amides is 1. The van der Waals surface area contributed by atoms with Crippen molar-refractivity contribution in [2.75, 3.05) is 32.1 Å². The lowest BCUT2D eigenvalue weighted by Gasteiger charge is -2.53.